The Bertz CT molecular complexity index is 1030. The van der Waals surface area contributed by atoms with Crippen LogP contribution < -0.4 is 10.6 Å². The molecule has 2 aromatic heterocycles. The van der Waals surface area contributed by atoms with Gasteiger partial charge in [0.2, 0.25) is 0 Å². The minimum atomic E-state index is -0.328. The van der Waals surface area contributed by atoms with Crippen molar-refractivity contribution < 1.29 is 9.53 Å². The van der Waals surface area contributed by atoms with Crippen LogP contribution in [0.15, 0.2) is 47.7 Å². The molecule has 172 valence electrons. The number of carbonyl (C=O) groups excluding carboxylic acids is 1. The molecule has 0 spiro atoms. The van der Waals surface area contributed by atoms with Crippen LogP contribution in [0.1, 0.15) is 51.4 Å². The number of esters is 1. The third-order valence-electron chi connectivity index (χ3n) is 4.56. The number of ether oxygens (including phenoxy) is 1. The Morgan fingerprint density at radius 2 is 2.03 bits per heavy atom. The molecule has 1 atom stereocenters. The van der Waals surface area contributed by atoms with Gasteiger partial charge in [0.05, 0.1) is 31.1 Å². The molecular formula is C22H29IN6O2S. The molecule has 0 radical (unpaired) electrons. The number of hydrogen-bond donors (Lipinski definition) is 2. The topological polar surface area (TPSA) is 93.4 Å². The fraction of sp³-hybridized carbons (Fsp3) is 0.364. The van der Waals surface area contributed by atoms with Crippen molar-refractivity contribution in [3.05, 3.63) is 69.4 Å². The highest BCUT2D eigenvalue weighted by Crippen LogP contribution is 2.24. The largest absolute Gasteiger partial charge is 0.462 e. The van der Waals surface area contributed by atoms with Crippen LogP contribution in [0.3, 0.4) is 0 Å². The Kier molecular flexibility index (Phi) is 10.1. The summed E-state index contributed by atoms with van der Waals surface area (Å²) in [5.74, 6) is 0.319. The number of rotatable bonds is 8. The lowest BCUT2D eigenvalue weighted by atomic mass is 10.2. The van der Waals surface area contributed by atoms with Crippen LogP contribution in [0, 0.1) is 6.92 Å². The average Bonchev–Trinajstić information content (AvgIpc) is 3.38. The highest BCUT2D eigenvalue weighted by molar-refractivity contribution is 14.0. The van der Waals surface area contributed by atoms with Crippen molar-refractivity contribution in [3.63, 3.8) is 0 Å². The first-order valence-electron chi connectivity index (χ1n) is 10.2. The van der Waals surface area contributed by atoms with Crippen molar-refractivity contribution in [1.82, 2.24) is 25.4 Å². The first-order chi connectivity index (χ1) is 15.0. The third-order valence-corrected chi connectivity index (χ3v) is 5.88. The number of guanidine groups is 1. The van der Waals surface area contributed by atoms with E-state index in [2.05, 4.69) is 37.8 Å². The highest BCUT2D eigenvalue weighted by Gasteiger charge is 2.20. The number of aliphatic imine (C=N–C) groups is 1. The quantitative estimate of drug-likeness (QED) is 0.185. The summed E-state index contributed by atoms with van der Waals surface area (Å²) in [7, 11) is 1.72. The van der Waals surface area contributed by atoms with Gasteiger partial charge in [0.15, 0.2) is 5.96 Å². The molecule has 32 heavy (non-hydrogen) atoms. The maximum atomic E-state index is 12.0. The molecule has 3 rings (SSSR count). The van der Waals surface area contributed by atoms with E-state index in [4.69, 9.17) is 4.74 Å². The van der Waals surface area contributed by atoms with Crippen LogP contribution in [0.4, 0.5) is 0 Å². The maximum Gasteiger partial charge on any atom is 0.350 e. The van der Waals surface area contributed by atoms with Gasteiger partial charge in [-0.2, -0.15) is 5.10 Å². The molecule has 2 heterocycles. The Labute approximate surface area is 209 Å². The molecule has 0 saturated heterocycles. The highest BCUT2D eigenvalue weighted by atomic mass is 127. The number of halogens is 1. The lowest BCUT2D eigenvalue weighted by molar-refractivity contribution is 0.0531. The predicted octanol–water partition coefficient (Wildman–Crippen LogP) is 3.92. The monoisotopic (exact) mass is 568 g/mol. The van der Waals surface area contributed by atoms with Gasteiger partial charge in [-0.3, -0.25) is 9.67 Å². The lowest BCUT2D eigenvalue weighted by Crippen LogP contribution is -2.38. The van der Waals surface area contributed by atoms with E-state index >= 15 is 0 Å². The van der Waals surface area contributed by atoms with Crippen LogP contribution in [0.25, 0.3) is 0 Å². The third kappa shape index (κ3) is 7.02. The van der Waals surface area contributed by atoms with Gasteiger partial charge in [0.1, 0.15) is 9.88 Å². The molecular weight excluding hydrogens is 539 g/mol. The fourth-order valence-electron chi connectivity index (χ4n) is 2.99. The number of aromatic nitrogens is 3. The predicted molar refractivity (Wildman–Crippen MR) is 138 cm³/mol. The van der Waals surface area contributed by atoms with E-state index in [-0.39, 0.29) is 36.0 Å². The van der Waals surface area contributed by atoms with Crippen LogP contribution >= 0.6 is 35.3 Å². The molecule has 0 fully saturated rings. The molecule has 1 aromatic carbocycles. The van der Waals surface area contributed by atoms with E-state index in [1.165, 1.54) is 16.9 Å². The van der Waals surface area contributed by atoms with Crippen molar-refractivity contribution in [2.24, 2.45) is 4.99 Å². The van der Waals surface area contributed by atoms with Crippen molar-refractivity contribution in [2.45, 2.75) is 39.9 Å². The number of thiazole rings is 1. The second kappa shape index (κ2) is 12.5. The summed E-state index contributed by atoms with van der Waals surface area (Å²) in [6, 6.07) is 10.1. The molecule has 1 unspecified atom stereocenters. The molecule has 0 amide bonds. The molecule has 0 bridgehead atoms. The normalized spacial score (nSPS) is 12.1. The van der Waals surface area contributed by atoms with Crippen molar-refractivity contribution in [2.75, 3.05) is 13.7 Å². The minimum Gasteiger partial charge on any atom is -0.462 e. The van der Waals surface area contributed by atoms with E-state index in [0.29, 0.717) is 29.7 Å². The number of hydrogen-bond acceptors (Lipinski definition) is 6. The molecule has 2 N–H and O–H groups in total. The summed E-state index contributed by atoms with van der Waals surface area (Å²) in [6.07, 6.45) is 3.87. The number of carbonyl (C=O) groups is 1. The zero-order valence-electron chi connectivity index (χ0n) is 18.7. The summed E-state index contributed by atoms with van der Waals surface area (Å²) in [5, 5.41) is 11.9. The number of nitrogens with zero attached hydrogens (tertiary/aromatic N) is 4. The van der Waals surface area contributed by atoms with Crippen molar-refractivity contribution in [3.8, 4) is 0 Å². The summed E-state index contributed by atoms with van der Waals surface area (Å²) in [6.45, 7) is 7.26. The molecule has 8 nitrogen and oxygen atoms in total. The summed E-state index contributed by atoms with van der Waals surface area (Å²) in [4.78, 5) is 21.4. The van der Waals surface area contributed by atoms with Gasteiger partial charge in [-0.15, -0.1) is 35.3 Å². The molecule has 0 aliphatic rings. The first-order valence-corrected chi connectivity index (χ1v) is 11.0. The molecule has 0 aliphatic heterocycles. The zero-order valence-corrected chi connectivity index (χ0v) is 21.8. The Hall–Kier alpha value is -2.47. The molecule has 3 aromatic rings. The Morgan fingerprint density at radius 3 is 2.72 bits per heavy atom. The van der Waals surface area contributed by atoms with E-state index < -0.39 is 0 Å². The van der Waals surface area contributed by atoms with E-state index in [0.717, 1.165) is 17.1 Å². The standard InChI is InChI=1S/C22H28N6O2S.HI/c1-5-30-21(29)19-15(2)26-20(31-19)16(3)27-22(23-4)24-11-18-12-25-28(14-18)13-17-9-7-6-8-10-17;/h6-10,12,14,16H,5,11,13H2,1-4H3,(H2,23,24,27);1H. The summed E-state index contributed by atoms with van der Waals surface area (Å²) < 4.78 is 7.02. The van der Waals surface area contributed by atoms with Crippen LogP contribution in [0.5, 0.6) is 0 Å². The van der Waals surface area contributed by atoms with Gasteiger partial charge in [-0.05, 0) is 26.3 Å². The molecule has 0 saturated carbocycles. The van der Waals surface area contributed by atoms with E-state index in [1.807, 2.05) is 49.1 Å². The van der Waals surface area contributed by atoms with Crippen LogP contribution in [-0.2, 0) is 17.8 Å². The SMILES string of the molecule is CCOC(=O)c1sc(C(C)NC(=NC)NCc2cnn(Cc3ccccc3)c2)nc1C.I. The van der Waals surface area contributed by atoms with Crippen molar-refractivity contribution in [1.29, 1.82) is 0 Å². The van der Waals surface area contributed by atoms with Gasteiger partial charge < -0.3 is 15.4 Å². The van der Waals surface area contributed by atoms with Crippen molar-refractivity contribution >= 4 is 47.2 Å². The Balaban J connectivity index is 0.00000363. The lowest BCUT2D eigenvalue weighted by Gasteiger charge is -2.15. The zero-order chi connectivity index (χ0) is 22.2. The summed E-state index contributed by atoms with van der Waals surface area (Å²) in [5.41, 5.74) is 2.94. The number of nitrogens with one attached hydrogen (secondary N) is 2. The van der Waals surface area contributed by atoms with Crippen LogP contribution in [-0.4, -0.2) is 40.3 Å². The maximum absolute atomic E-state index is 12.0. The van der Waals surface area contributed by atoms with Gasteiger partial charge in [-0.1, -0.05) is 30.3 Å². The first kappa shape index (κ1) is 25.8. The van der Waals surface area contributed by atoms with Gasteiger partial charge >= 0.3 is 5.97 Å². The minimum absolute atomic E-state index is 0. The second-order valence-corrected chi connectivity index (χ2v) is 8.04. The van der Waals surface area contributed by atoms with Gasteiger partial charge in [0.25, 0.3) is 0 Å². The van der Waals surface area contributed by atoms with E-state index in [1.54, 1.807) is 14.0 Å². The number of aryl methyl sites for hydroxylation is 1. The van der Waals surface area contributed by atoms with Gasteiger partial charge in [-0.25, -0.2) is 9.78 Å². The fourth-order valence-corrected chi connectivity index (χ4v) is 3.95. The average molecular weight is 568 g/mol. The summed E-state index contributed by atoms with van der Waals surface area (Å²) >= 11 is 1.34. The number of benzene rings is 1. The van der Waals surface area contributed by atoms with E-state index in [9.17, 15) is 4.79 Å². The molecule has 10 heteroatoms. The van der Waals surface area contributed by atoms with Gasteiger partial charge in [0, 0.05) is 25.4 Å². The smallest absolute Gasteiger partial charge is 0.350 e. The Morgan fingerprint density at radius 1 is 1.28 bits per heavy atom. The second-order valence-electron chi connectivity index (χ2n) is 7.01. The van der Waals surface area contributed by atoms with Crippen LogP contribution in [0.2, 0.25) is 0 Å². The molecule has 0 aliphatic carbocycles.